The van der Waals surface area contributed by atoms with Crippen molar-refractivity contribution in [3.8, 4) is 0 Å². The summed E-state index contributed by atoms with van der Waals surface area (Å²) in [5.41, 5.74) is 0. The molecule has 462 valence electrons. The minimum Gasteiger partial charge on any atom is -0.465 e. The molecule has 0 aromatic rings. The minimum absolute atomic E-state index is 0. The Bertz CT molecular complexity index is 1930. The number of esters is 2. The predicted octanol–water partition coefficient (Wildman–Crippen LogP) is 10.1. The van der Waals surface area contributed by atoms with E-state index >= 15 is 0 Å². The molecule has 2 saturated carbocycles. The third kappa shape index (κ3) is 35.5. The van der Waals surface area contributed by atoms with Gasteiger partial charge >= 0.3 is 11.9 Å². The standard InChI is InChI=1S/C21H35N2O8P.C18H33NO3.C17H30NO6P.CH4/c1-6-19(24)22(29-3)17-13-16(14-18(15-17)23(30-4)20(25)7-2)21(26)31-11-9-8-10-12-32(5,27)28;1-4-18(21)19(22-3)16-14-12-10-8-6-5-7-9-11-13-15-17(2)20;1-4-16(19)18(23-2)15-10-8-9-14(13-15)17(20)24-11-6-5-7-12-25(3,21)22;/h6-7,16-18H,1-2,8-15H2,3-5H3,(H,27,28);4H,1,5-16H2,2-3H3;4,14-15H,1,5-13H2,2-3H3,(H,21,22);1H4. The summed E-state index contributed by atoms with van der Waals surface area (Å²) in [4.78, 5) is 122. The van der Waals surface area contributed by atoms with Gasteiger partial charge in [0.15, 0.2) is 14.7 Å². The van der Waals surface area contributed by atoms with Gasteiger partial charge in [0.05, 0.1) is 71.6 Å². The van der Waals surface area contributed by atoms with Gasteiger partial charge in [-0.1, -0.05) is 91.5 Å². The maximum Gasteiger partial charge on any atom is 0.309 e. The van der Waals surface area contributed by atoms with Gasteiger partial charge in [0.1, 0.15) is 5.78 Å². The Kier molecular flexibility index (Phi) is 43.9. The van der Waals surface area contributed by atoms with Crippen LogP contribution in [0.3, 0.4) is 0 Å². The number of carbonyl (C=O) groups is 7. The third-order valence-corrected chi connectivity index (χ3v) is 15.7. The van der Waals surface area contributed by atoms with Crippen molar-refractivity contribution >= 4 is 56.1 Å². The molecule has 23 heteroatoms. The van der Waals surface area contributed by atoms with Gasteiger partial charge in [0.25, 0.3) is 23.6 Å². The number of hydrogen-bond donors (Lipinski definition) is 2. The number of ether oxygens (including phenoxy) is 2. The summed E-state index contributed by atoms with van der Waals surface area (Å²) in [7, 11) is -0.324. The van der Waals surface area contributed by atoms with Crippen LogP contribution in [0.15, 0.2) is 50.6 Å². The number of ketones is 1. The second-order valence-corrected chi connectivity index (χ2v) is 25.3. The first-order chi connectivity index (χ1) is 37.5. The summed E-state index contributed by atoms with van der Waals surface area (Å²) in [5.74, 6) is -2.59. The van der Waals surface area contributed by atoms with Crippen LogP contribution in [-0.2, 0) is 71.5 Å². The lowest BCUT2D eigenvalue weighted by molar-refractivity contribution is -0.209. The van der Waals surface area contributed by atoms with Crippen molar-refractivity contribution in [3.63, 3.8) is 0 Å². The van der Waals surface area contributed by atoms with Crippen molar-refractivity contribution in [2.24, 2.45) is 11.8 Å². The smallest absolute Gasteiger partial charge is 0.309 e. The summed E-state index contributed by atoms with van der Waals surface area (Å²) in [6, 6.07) is -1.15. The van der Waals surface area contributed by atoms with Crippen LogP contribution in [0.1, 0.15) is 168 Å². The monoisotopic (exact) mass is 1180 g/mol. The third-order valence-electron chi connectivity index (χ3n) is 13.4. The maximum absolute atomic E-state index is 12.7. The molecule has 0 radical (unpaired) electrons. The number of Topliss-reactive ketones (excluding diaryl/α,β-unsaturated/α-hetero) is 1. The lowest BCUT2D eigenvalue weighted by Gasteiger charge is -2.41. The second kappa shape index (κ2) is 45.2. The van der Waals surface area contributed by atoms with Crippen molar-refractivity contribution < 1.29 is 81.3 Å². The zero-order chi connectivity index (χ0) is 59.8. The van der Waals surface area contributed by atoms with Crippen LogP contribution in [0, 0.1) is 11.8 Å². The van der Waals surface area contributed by atoms with E-state index in [9.17, 15) is 52.5 Å². The molecule has 21 nitrogen and oxygen atoms in total. The first kappa shape index (κ1) is 77.7. The van der Waals surface area contributed by atoms with Crippen LogP contribution in [-0.4, -0.2) is 163 Å². The molecule has 4 amide bonds. The van der Waals surface area contributed by atoms with Crippen LogP contribution < -0.4 is 0 Å². The fourth-order valence-electron chi connectivity index (χ4n) is 9.34. The zero-order valence-electron chi connectivity index (χ0n) is 48.7. The normalized spacial score (nSPS) is 18.9. The molecule has 0 aliphatic heterocycles. The molecule has 2 aliphatic rings. The van der Waals surface area contributed by atoms with E-state index in [-0.39, 0.29) is 49.9 Å². The first-order valence-electron chi connectivity index (χ1n) is 27.9. The molecule has 6 unspecified atom stereocenters. The van der Waals surface area contributed by atoms with E-state index in [0.29, 0.717) is 82.9 Å². The summed E-state index contributed by atoms with van der Waals surface area (Å²) in [6.07, 6.45) is 25.6. The van der Waals surface area contributed by atoms with Crippen molar-refractivity contribution in [1.82, 2.24) is 20.3 Å². The molecule has 6 atom stereocenters. The number of hydroxylamine groups is 8. The minimum atomic E-state index is -3.03. The zero-order valence-corrected chi connectivity index (χ0v) is 50.5. The quantitative estimate of drug-likeness (QED) is 0.0191. The van der Waals surface area contributed by atoms with Gasteiger partial charge in [-0.15, -0.1) is 0 Å². The Morgan fingerprint density at radius 1 is 0.487 bits per heavy atom. The maximum atomic E-state index is 12.7. The molecule has 2 N–H and O–H groups in total. The van der Waals surface area contributed by atoms with Gasteiger partial charge in [-0.05, 0) is 121 Å². The van der Waals surface area contributed by atoms with Gasteiger partial charge in [-0.3, -0.25) is 57.2 Å². The predicted molar refractivity (Wildman–Crippen MR) is 311 cm³/mol. The van der Waals surface area contributed by atoms with Crippen LogP contribution >= 0.6 is 14.7 Å². The highest BCUT2D eigenvalue weighted by Crippen LogP contribution is 2.37. The summed E-state index contributed by atoms with van der Waals surface area (Å²) >= 11 is 0. The molecule has 0 spiro atoms. The Hall–Kier alpha value is -4.33. The largest absolute Gasteiger partial charge is 0.465 e. The Balaban J connectivity index is 0. The molecule has 0 aromatic carbocycles. The fraction of sp³-hybridized carbons (Fsp3) is 0.737. The topological polar surface area (TPSA) is 262 Å². The average Bonchev–Trinajstić information content (AvgIpc) is 3.41. The number of unbranched alkanes of at least 4 members (excludes halogenated alkanes) is 13. The van der Waals surface area contributed by atoms with Gasteiger partial charge in [-0.25, -0.2) is 20.3 Å². The lowest BCUT2D eigenvalue weighted by Crippen LogP contribution is -2.51. The molecular weight excluding hydrogens is 1070 g/mol. The Morgan fingerprint density at radius 3 is 1.23 bits per heavy atom. The number of rotatable bonds is 38. The van der Waals surface area contributed by atoms with Crippen molar-refractivity contribution in [2.75, 3.05) is 73.9 Å². The average molecular weight is 1180 g/mol. The van der Waals surface area contributed by atoms with Crippen molar-refractivity contribution in [3.05, 3.63) is 50.6 Å². The Labute approximate surface area is 478 Å². The van der Waals surface area contributed by atoms with E-state index in [2.05, 4.69) is 26.3 Å². The molecule has 0 bridgehead atoms. The molecule has 2 aliphatic carbocycles. The highest BCUT2D eigenvalue weighted by Gasteiger charge is 2.41. The van der Waals surface area contributed by atoms with Crippen molar-refractivity contribution in [1.29, 1.82) is 0 Å². The number of nitrogens with zero attached hydrogens (tertiary/aromatic N) is 4. The fourth-order valence-corrected chi connectivity index (χ4v) is 11.0. The van der Waals surface area contributed by atoms with Gasteiger partial charge < -0.3 is 24.1 Å². The first-order valence-corrected chi connectivity index (χ1v) is 32.4. The number of carbonyl (C=O) groups excluding carboxylic acids is 7. The van der Waals surface area contributed by atoms with Crippen molar-refractivity contribution in [2.45, 2.75) is 187 Å². The molecule has 80 heavy (non-hydrogen) atoms. The molecule has 2 fully saturated rings. The second-order valence-electron chi connectivity index (χ2n) is 20.2. The van der Waals surface area contributed by atoms with E-state index in [1.165, 1.54) is 109 Å². The summed E-state index contributed by atoms with van der Waals surface area (Å²) < 4.78 is 33.2. The van der Waals surface area contributed by atoms with E-state index < -0.39 is 50.5 Å². The van der Waals surface area contributed by atoms with E-state index in [1.54, 1.807) is 6.92 Å². The van der Waals surface area contributed by atoms with Crippen LogP contribution in [0.2, 0.25) is 0 Å². The van der Waals surface area contributed by atoms with Gasteiger partial charge in [0.2, 0.25) is 0 Å². The molecule has 0 saturated heterocycles. The van der Waals surface area contributed by atoms with Gasteiger partial charge in [0, 0.05) is 38.6 Å². The Morgan fingerprint density at radius 2 is 0.850 bits per heavy atom. The SMILES string of the molecule is C.C=CC(=O)N(CCCCCCCCCCCCC(C)=O)OC.C=CC(=O)N(OC)C1CC(C(=O)OCCCCCP(C)(=O)O)CC(N(OC)C(=O)C=C)C1.C=CC(=O)N(OC)C1CCCC(C(=O)OCCCCCP(C)(=O)O)C1. The summed E-state index contributed by atoms with van der Waals surface area (Å²) in [5, 5.41) is 4.92. The van der Waals surface area contributed by atoms with Crippen LogP contribution in [0.5, 0.6) is 0 Å². The van der Waals surface area contributed by atoms with Crippen LogP contribution in [0.4, 0.5) is 0 Å². The van der Waals surface area contributed by atoms with E-state index in [1.807, 2.05) is 0 Å². The lowest BCUT2D eigenvalue weighted by atomic mass is 9.82. The highest BCUT2D eigenvalue weighted by atomic mass is 31.2. The van der Waals surface area contributed by atoms with Crippen LogP contribution in [0.25, 0.3) is 0 Å². The molecule has 2 rings (SSSR count). The van der Waals surface area contributed by atoms with Gasteiger partial charge in [-0.2, -0.15) is 0 Å². The molecular formula is C57H102N4O17P2. The summed E-state index contributed by atoms with van der Waals surface area (Å²) in [6.45, 7) is 19.3. The van der Waals surface area contributed by atoms with E-state index in [0.717, 1.165) is 73.6 Å². The number of hydrogen-bond acceptors (Lipinski definition) is 15. The molecule has 0 heterocycles. The van der Waals surface area contributed by atoms with E-state index in [4.69, 9.17) is 28.8 Å². The number of amides is 4. The highest BCUT2D eigenvalue weighted by molar-refractivity contribution is 7.57. The molecule has 0 aromatic heterocycles.